The molecule has 114 valence electrons. The van der Waals surface area contributed by atoms with E-state index in [1.807, 2.05) is 0 Å². The highest BCUT2D eigenvalue weighted by atomic mass is 16.1. The largest absolute Gasteiger partial charge is 0.370 e. The summed E-state index contributed by atoms with van der Waals surface area (Å²) in [5.74, 6) is 0.900. The summed E-state index contributed by atoms with van der Waals surface area (Å²) in [5.41, 5.74) is 8.47. The van der Waals surface area contributed by atoms with Gasteiger partial charge in [-0.1, -0.05) is 31.2 Å². The standard InChI is InChI=1S/C18H26N2O/c1-2-9-20-18(12-17(19)21)15-7-8-16(18)11-14-6-4-3-5-13(14)10-15/h3-6,15-16,20H,2,7-12H2,1H3,(H2,19,21). The molecule has 2 aliphatic carbocycles. The molecule has 1 fully saturated rings. The molecule has 0 spiro atoms. The summed E-state index contributed by atoms with van der Waals surface area (Å²) in [6, 6.07) is 8.77. The molecular formula is C18H26N2O. The van der Waals surface area contributed by atoms with Crippen LogP contribution in [-0.4, -0.2) is 18.0 Å². The van der Waals surface area contributed by atoms with Crippen LogP contribution >= 0.6 is 0 Å². The smallest absolute Gasteiger partial charge is 0.219 e. The number of carbonyl (C=O) groups is 1. The molecule has 2 atom stereocenters. The summed E-state index contributed by atoms with van der Waals surface area (Å²) in [7, 11) is 0. The van der Waals surface area contributed by atoms with Crippen LogP contribution in [0.2, 0.25) is 0 Å². The number of hydrogen-bond donors (Lipinski definition) is 2. The molecule has 3 N–H and O–H groups in total. The van der Waals surface area contributed by atoms with Crippen LogP contribution in [0.4, 0.5) is 0 Å². The Morgan fingerprint density at radius 1 is 1.24 bits per heavy atom. The van der Waals surface area contributed by atoms with Crippen molar-refractivity contribution in [1.29, 1.82) is 0 Å². The Balaban J connectivity index is 1.96. The van der Waals surface area contributed by atoms with Crippen molar-refractivity contribution in [3.8, 4) is 0 Å². The summed E-state index contributed by atoms with van der Waals surface area (Å²) in [6.07, 6.45) is 6.16. The van der Waals surface area contributed by atoms with Gasteiger partial charge < -0.3 is 11.1 Å². The predicted octanol–water partition coefficient (Wildman–Crippen LogP) is 2.43. The van der Waals surface area contributed by atoms with E-state index in [1.54, 1.807) is 0 Å². The summed E-state index contributed by atoms with van der Waals surface area (Å²) in [6.45, 7) is 3.15. The topological polar surface area (TPSA) is 55.1 Å². The van der Waals surface area contributed by atoms with Gasteiger partial charge in [0.2, 0.25) is 5.91 Å². The number of nitrogens with two attached hydrogens (primary N) is 1. The molecule has 3 heteroatoms. The molecule has 0 aliphatic heterocycles. The van der Waals surface area contributed by atoms with Crippen LogP contribution in [0.3, 0.4) is 0 Å². The van der Waals surface area contributed by atoms with Gasteiger partial charge in [-0.3, -0.25) is 4.79 Å². The second kappa shape index (κ2) is 5.80. The van der Waals surface area contributed by atoms with Crippen LogP contribution in [0.25, 0.3) is 0 Å². The second-order valence-corrected chi connectivity index (χ2v) is 6.76. The number of rotatable bonds is 5. The van der Waals surface area contributed by atoms with Gasteiger partial charge in [0.05, 0.1) is 0 Å². The van der Waals surface area contributed by atoms with Crippen molar-refractivity contribution in [3.05, 3.63) is 35.4 Å². The minimum atomic E-state index is -0.165. The van der Waals surface area contributed by atoms with Crippen LogP contribution in [0.15, 0.2) is 24.3 Å². The van der Waals surface area contributed by atoms with E-state index in [0.29, 0.717) is 18.3 Å². The molecule has 0 radical (unpaired) electrons. The van der Waals surface area contributed by atoms with E-state index in [4.69, 9.17) is 5.73 Å². The van der Waals surface area contributed by atoms with E-state index in [-0.39, 0.29) is 11.4 Å². The Hall–Kier alpha value is -1.35. The quantitative estimate of drug-likeness (QED) is 0.873. The van der Waals surface area contributed by atoms with E-state index < -0.39 is 0 Å². The SMILES string of the molecule is CCCNC1(CC(N)=O)C2CCC1Cc1ccccc1C2. The number of hydrogen-bond acceptors (Lipinski definition) is 2. The fourth-order valence-electron chi connectivity index (χ4n) is 4.59. The lowest BCUT2D eigenvalue weighted by Crippen LogP contribution is -2.55. The Morgan fingerprint density at radius 2 is 1.81 bits per heavy atom. The molecule has 1 amide bonds. The van der Waals surface area contributed by atoms with Gasteiger partial charge in [-0.05, 0) is 61.6 Å². The molecule has 2 unspecified atom stereocenters. The first kappa shape index (κ1) is 14.6. The molecule has 2 bridgehead atoms. The Labute approximate surface area is 127 Å². The van der Waals surface area contributed by atoms with Gasteiger partial charge >= 0.3 is 0 Å². The summed E-state index contributed by atoms with van der Waals surface area (Å²) < 4.78 is 0. The maximum Gasteiger partial charge on any atom is 0.219 e. The third-order valence-electron chi connectivity index (χ3n) is 5.54. The average Bonchev–Trinajstić information content (AvgIpc) is 2.68. The van der Waals surface area contributed by atoms with Crippen LogP contribution < -0.4 is 11.1 Å². The Morgan fingerprint density at radius 3 is 2.29 bits per heavy atom. The van der Waals surface area contributed by atoms with E-state index in [9.17, 15) is 4.79 Å². The van der Waals surface area contributed by atoms with Crippen molar-refractivity contribution < 1.29 is 4.79 Å². The third-order valence-corrected chi connectivity index (χ3v) is 5.54. The molecule has 2 aliphatic rings. The summed E-state index contributed by atoms with van der Waals surface area (Å²) >= 11 is 0. The minimum Gasteiger partial charge on any atom is -0.370 e. The van der Waals surface area contributed by atoms with Crippen molar-refractivity contribution in [1.82, 2.24) is 5.32 Å². The van der Waals surface area contributed by atoms with Crippen molar-refractivity contribution in [2.75, 3.05) is 6.54 Å². The lowest BCUT2D eigenvalue weighted by atomic mass is 9.76. The van der Waals surface area contributed by atoms with Gasteiger partial charge in [0, 0.05) is 12.0 Å². The highest BCUT2D eigenvalue weighted by molar-refractivity contribution is 5.75. The molecule has 1 aromatic carbocycles. The molecule has 21 heavy (non-hydrogen) atoms. The van der Waals surface area contributed by atoms with Gasteiger partial charge in [0.25, 0.3) is 0 Å². The number of primary amides is 1. The van der Waals surface area contributed by atoms with Gasteiger partial charge in [0.1, 0.15) is 0 Å². The zero-order chi connectivity index (χ0) is 14.9. The highest BCUT2D eigenvalue weighted by Crippen LogP contribution is 2.48. The lowest BCUT2D eigenvalue weighted by molar-refractivity contribution is -0.120. The van der Waals surface area contributed by atoms with Crippen molar-refractivity contribution in [3.63, 3.8) is 0 Å². The molecule has 3 rings (SSSR count). The fraction of sp³-hybridized carbons (Fsp3) is 0.611. The molecule has 1 saturated carbocycles. The predicted molar refractivity (Wildman–Crippen MR) is 84.9 cm³/mol. The van der Waals surface area contributed by atoms with E-state index in [0.717, 1.165) is 25.8 Å². The number of fused-ring (bicyclic) bond motifs is 3. The number of benzene rings is 1. The zero-order valence-corrected chi connectivity index (χ0v) is 12.9. The number of nitrogens with one attached hydrogen (secondary N) is 1. The van der Waals surface area contributed by atoms with Crippen LogP contribution in [0.5, 0.6) is 0 Å². The molecule has 1 aromatic rings. The second-order valence-electron chi connectivity index (χ2n) is 6.76. The lowest BCUT2D eigenvalue weighted by Gasteiger charge is -2.39. The molecule has 0 aromatic heterocycles. The molecule has 3 nitrogen and oxygen atoms in total. The monoisotopic (exact) mass is 286 g/mol. The van der Waals surface area contributed by atoms with E-state index >= 15 is 0 Å². The van der Waals surface area contributed by atoms with Gasteiger partial charge in [-0.15, -0.1) is 0 Å². The van der Waals surface area contributed by atoms with E-state index in [2.05, 4.69) is 36.5 Å². The van der Waals surface area contributed by atoms with Gasteiger partial charge in [0.15, 0.2) is 0 Å². The van der Waals surface area contributed by atoms with Crippen molar-refractivity contribution >= 4 is 5.91 Å². The molecular weight excluding hydrogens is 260 g/mol. The summed E-state index contributed by atoms with van der Waals surface area (Å²) in [4.78, 5) is 11.7. The normalized spacial score (nSPS) is 30.7. The molecule has 0 saturated heterocycles. The molecule has 0 heterocycles. The van der Waals surface area contributed by atoms with Gasteiger partial charge in [-0.25, -0.2) is 0 Å². The Bertz CT molecular complexity index is 493. The van der Waals surface area contributed by atoms with Crippen LogP contribution in [0, 0.1) is 11.8 Å². The first-order valence-corrected chi connectivity index (χ1v) is 8.26. The number of carbonyl (C=O) groups excluding carboxylic acids is 1. The average molecular weight is 286 g/mol. The maximum atomic E-state index is 11.7. The third kappa shape index (κ3) is 2.59. The van der Waals surface area contributed by atoms with Crippen LogP contribution in [0.1, 0.15) is 43.7 Å². The zero-order valence-electron chi connectivity index (χ0n) is 12.9. The first-order chi connectivity index (χ1) is 10.2. The first-order valence-electron chi connectivity index (χ1n) is 8.26. The highest BCUT2D eigenvalue weighted by Gasteiger charge is 2.51. The minimum absolute atomic E-state index is 0.0825. The van der Waals surface area contributed by atoms with E-state index in [1.165, 1.54) is 24.0 Å². The maximum absolute atomic E-state index is 11.7. The van der Waals surface area contributed by atoms with Crippen LogP contribution in [-0.2, 0) is 17.6 Å². The van der Waals surface area contributed by atoms with Gasteiger partial charge in [-0.2, -0.15) is 0 Å². The Kier molecular flexibility index (Phi) is 4.03. The van der Waals surface area contributed by atoms with Crippen molar-refractivity contribution in [2.45, 2.75) is 51.0 Å². The number of amides is 1. The van der Waals surface area contributed by atoms with Crippen molar-refractivity contribution in [2.24, 2.45) is 17.6 Å². The fourth-order valence-corrected chi connectivity index (χ4v) is 4.59. The summed E-state index contributed by atoms with van der Waals surface area (Å²) in [5, 5.41) is 3.75.